The number of hydrogen-bond donors (Lipinski definition) is 1. The third kappa shape index (κ3) is 2.42. The Kier molecular flexibility index (Phi) is 3.10. The molecule has 0 radical (unpaired) electrons. The van der Waals surface area contributed by atoms with E-state index in [9.17, 15) is 4.79 Å². The number of aryl methyl sites for hydroxylation is 1. The second-order valence-electron chi connectivity index (χ2n) is 7.41. The normalized spacial score (nSPS) is 17.4. The molecular weight excluding hydrogens is 330 g/mol. The predicted molar refractivity (Wildman–Crippen MR) is 95.6 cm³/mol. The van der Waals surface area contributed by atoms with Crippen molar-refractivity contribution in [2.75, 3.05) is 5.32 Å². The Hall–Kier alpha value is -2.96. The molecule has 1 N–H and O–H groups in total. The van der Waals surface area contributed by atoms with Crippen LogP contribution in [0, 0.1) is 6.92 Å². The van der Waals surface area contributed by atoms with Gasteiger partial charge in [-0.05, 0) is 38.3 Å². The fourth-order valence-electron chi connectivity index (χ4n) is 3.41. The molecule has 132 valence electrons. The summed E-state index contributed by atoms with van der Waals surface area (Å²) in [7, 11) is 0. The number of furan rings is 1. The maximum Gasteiger partial charge on any atom is 0.258 e. The zero-order valence-electron chi connectivity index (χ0n) is 14.7. The largest absolute Gasteiger partial charge is 0.445 e. The first kappa shape index (κ1) is 15.3. The second-order valence-corrected chi connectivity index (χ2v) is 7.41. The molecule has 3 aromatic heterocycles. The van der Waals surface area contributed by atoms with Crippen LogP contribution in [0.25, 0.3) is 11.1 Å². The fraction of sp³-hybridized carbons (Fsp3) is 0.368. The van der Waals surface area contributed by atoms with E-state index in [4.69, 9.17) is 4.42 Å². The number of pyridine rings is 1. The van der Waals surface area contributed by atoms with Crippen LogP contribution in [-0.2, 0) is 13.1 Å². The van der Waals surface area contributed by atoms with Crippen molar-refractivity contribution in [1.82, 2.24) is 19.9 Å². The van der Waals surface area contributed by atoms with Gasteiger partial charge in [0, 0.05) is 18.3 Å². The molecule has 26 heavy (non-hydrogen) atoms. The molecule has 7 heteroatoms. The highest BCUT2D eigenvalue weighted by Crippen LogP contribution is 2.40. The molecule has 7 nitrogen and oxygen atoms in total. The van der Waals surface area contributed by atoms with Gasteiger partial charge in [-0.25, -0.2) is 4.98 Å². The van der Waals surface area contributed by atoms with Crippen molar-refractivity contribution in [3.8, 4) is 0 Å². The molecule has 1 saturated carbocycles. The van der Waals surface area contributed by atoms with Gasteiger partial charge in [0.25, 0.3) is 5.91 Å². The maximum absolute atomic E-state index is 13.2. The summed E-state index contributed by atoms with van der Waals surface area (Å²) in [4.78, 5) is 28.2. The van der Waals surface area contributed by atoms with Gasteiger partial charge < -0.3 is 14.6 Å². The molecule has 0 bridgehead atoms. The van der Waals surface area contributed by atoms with E-state index in [1.54, 1.807) is 11.1 Å². The van der Waals surface area contributed by atoms with E-state index in [2.05, 4.69) is 27.2 Å². The summed E-state index contributed by atoms with van der Waals surface area (Å²) in [6.07, 6.45) is 5.44. The Morgan fingerprint density at radius 2 is 2.15 bits per heavy atom. The van der Waals surface area contributed by atoms with Crippen molar-refractivity contribution in [2.24, 2.45) is 0 Å². The molecule has 4 heterocycles. The Labute approximate surface area is 150 Å². The molecule has 0 saturated heterocycles. The van der Waals surface area contributed by atoms with Crippen LogP contribution in [-0.4, -0.2) is 31.3 Å². The summed E-state index contributed by atoms with van der Waals surface area (Å²) < 4.78 is 5.61. The molecule has 1 aliphatic heterocycles. The van der Waals surface area contributed by atoms with Gasteiger partial charge in [-0.15, -0.1) is 0 Å². The molecular formula is C19H19N5O2. The van der Waals surface area contributed by atoms with Gasteiger partial charge in [0.05, 0.1) is 23.2 Å². The highest BCUT2D eigenvalue weighted by atomic mass is 16.3. The molecule has 0 aromatic carbocycles. The number of anilines is 1. The third-order valence-electron chi connectivity index (χ3n) is 5.17. The van der Waals surface area contributed by atoms with E-state index in [0.29, 0.717) is 41.4 Å². The smallest absolute Gasteiger partial charge is 0.258 e. The second kappa shape index (κ2) is 5.27. The summed E-state index contributed by atoms with van der Waals surface area (Å²) >= 11 is 0. The van der Waals surface area contributed by atoms with Crippen molar-refractivity contribution in [1.29, 1.82) is 0 Å². The number of nitrogens with zero attached hydrogens (tertiary/aromatic N) is 4. The number of carbonyl (C=O) groups is 1. The molecule has 1 amide bonds. The van der Waals surface area contributed by atoms with E-state index in [1.807, 2.05) is 19.1 Å². The Balaban J connectivity index is 1.54. The van der Waals surface area contributed by atoms with E-state index in [-0.39, 0.29) is 11.4 Å². The zero-order chi connectivity index (χ0) is 17.9. The average Bonchev–Trinajstić information content (AvgIpc) is 3.04. The summed E-state index contributed by atoms with van der Waals surface area (Å²) in [5.74, 6) is 1.22. The summed E-state index contributed by atoms with van der Waals surface area (Å²) in [6.45, 7) is 5.05. The van der Waals surface area contributed by atoms with Crippen LogP contribution in [0.1, 0.15) is 47.2 Å². The minimum absolute atomic E-state index is 0.0408. The highest BCUT2D eigenvalue weighted by molar-refractivity contribution is 6.09. The van der Waals surface area contributed by atoms with E-state index < -0.39 is 0 Å². The van der Waals surface area contributed by atoms with E-state index in [1.165, 1.54) is 6.26 Å². The summed E-state index contributed by atoms with van der Waals surface area (Å²) in [5.41, 5.74) is 3.02. The quantitative estimate of drug-likeness (QED) is 0.782. The van der Waals surface area contributed by atoms with Crippen molar-refractivity contribution >= 4 is 22.8 Å². The lowest BCUT2D eigenvalue weighted by atomic mass is 10.2. The van der Waals surface area contributed by atoms with Crippen molar-refractivity contribution in [2.45, 2.75) is 45.3 Å². The molecule has 0 spiro atoms. The number of rotatable bonds is 3. The number of amides is 1. The maximum atomic E-state index is 13.2. The van der Waals surface area contributed by atoms with Crippen LogP contribution in [0.5, 0.6) is 0 Å². The first-order chi connectivity index (χ1) is 12.5. The van der Waals surface area contributed by atoms with Crippen LogP contribution in [0.2, 0.25) is 0 Å². The molecule has 1 fully saturated rings. The van der Waals surface area contributed by atoms with Crippen molar-refractivity contribution in [3.63, 3.8) is 0 Å². The Morgan fingerprint density at radius 3 is 2.92 bits per heavy atom. The van der Waals surface area contributed by atoms with Gasteiger partial charge >= 0.3 is 0 Å². The first-order valence-electron chi connectivity index (χ1n) is 8.78. The predicted octanol–water partition coefficient (Wildman–Crippen LogP) is 3.05. The molecule has 0 atom stereocenters. The van der Waals surface area contributed by atoms with Crippen LogP contribution in [0.3, 0.4) is 0 Å². The van der Waals surface area contributed by atoms with Gasteiger partial charge in [-0.3, -0.25) is 9.78 Å². The fourth-order valence-corrected chi connectivity index (χ4v) is 3.41. The monoisotopic (exact) mass is 349 g/mol. The SMILES string of the molecule is Cc1nc(NC2(C)CC2)c2c(C(=O)N3Cc4cccnc4C3)coc2n1. The van der Waals surface area contributed by atoms with Gasteiger partial charge in [-0.2, -0.15) is 4.98 Å². The van der Waals surface area contributed by atoms with Gasteiger partial charge in [0.1, 0.15) is 17.9 Å². The third-order valence-corrected chi connectivity index (χ3v) is 5.17. The van der Waals surface area contributed by atoms with Gasteiger partial charge in [0.2, 0.25) is 5.71 Å². The van der Waals surface area contributed by atoms with Crippen LogP contribution >= 0.6 is 0 Å². The zero-order valence-corrected chi connectivity index (χ0v) is 14.7. The number of nitrogens with one attached hydrogen (secondary N) is 1. The number of aromatic nitrogens is 3. The number of carbonyl (C=O) groups excluding carboxylic acids is 1. The van der Waals surface area contributed by atoms with Crippen LogP contribution < -0.4 is 5.32 Å². The van der Waals surface area contributed by atoms with Gasteiger partial charge in [0.15, 0.2) is 0 Å². The minimum atomic E-state index is -0.0850. The molecule has 0 unspecified atom stereocenters. The lowest BCUT2D eigenvalue weighted by Crippen LogP contribution is -2.25. The molecule has 5 rings (SSSR count). The number of hydrogen-bond acceptors (Lipinski definition) is 6. The van der Waals surface area contributed by atoms with Gasteiger partial charge in [-0.1, -0.05) is 6.07 Å². The topological polar surface area (TPSA) is 84.2 Å². The number of fused-ring (bicyclic) bond motifs is 2. The lowest BCUT2D eigenvalue weighted by molar-refractivity contribution is 0.0751. The summed E-state index contributed by atoms with van der Waals surface area (Å²) in [6, 6.07) is 3.91. The average molecular weight is 349 g/mol. The molecule has 2 aliphatic rings. The standard InChI is InChI=1S/C19H19N5O2/c1-11-21-16(23-19(2)5-6-19)15-13(10-26-17(15)22-11)18(25)24-8-12-4-3-7-20-14(12)9-24/h3-4,7,10H,5-6,8-9H2,1-2H3,(H,21,22,23). The summed E-state index contributed by atoms with van der Waals surface area (Å²) in [5, 5.41) is 4.14. The minimum Gasteiger partial charge on any atom is -0.445 e. The van der Waals surface area contributed by atoms with Crippen molar-refractivity contribution in [3.05, 3.63) is 47.2 Å². The van der Waals surface area contributed by atoms with E-state index in [0.717, 1.165) is 24.1 Å². The van der Waals surface area contributed by atoms with E-state index >= 15 is 0 Å². The van der Waals surface area contributed by atoms with Crippen molar-refractivity contribution < 1.29 is 9.21 Å². The Morgan fingerprint density at radius 1 is 1.31 bits per heavy atom. The van der Waals surface area contributed by atoms with Crippen LogP contribution in [0.4, 0.5) is 5.82 Å². The first-order valence-corrected chi connectivity index (χ1v) is 8.78. The Bertz CT molecular complexity index is 1010. The highest BCUT2D eigenvalue weighted by Gasteiger charge is 2.39. The van der Waals surface area contributed by atoms with Crippen LogP contribution in [0.15, 0.2) is 29.0 Å². The molecule has 3 aromatic rings. The lowest BCUT2D eigenvalue weighted by Gasteiger charge is -2.16. The molecule has 1 aliphatic carbocycles.